The van der Waals surface area contributed by atoms with E-state index in [1.54, 1.807) is 12.1 Å². The number of anilines is 1. The molecule has 1 N–H and O–H groups in total. The van der Waals surface area contributed by atoms with Crippen molar-refractivity contribution in [2.75, 3.05) is 11.9 Å². The second-order valence-electron chi connectivity index (χ2n) is 4.16. The number of hydrogen-bond donors (Lipinski definition) is 1. The van der Waals surface area contributed by atoms with Crippen molar-refractivity contribution in [1.82, 2.24) is 0 Å². The van der Waals surface area contributed by atoms with E-state index in [4.69, 9.17) is 11.6 Å². The molecule has 6 heteroatoms. The van der Waals surface area contributed by atoms with Crippen molar-refractivity contribution in [2.45, 2.75) is 13.3 Å². The molecule has 19 heavy (non-hydrogen) atoms. The van der Waals surface area contributed by atoms with Crippen molar-refractivity contribution >= 4 is 34.3 Å². The van der Waals surface area contributed by atoms with Crippen molar-refractivity contribution in [3.05, 3.63) is 55.2 Å². The summed E-state index contributed by atoms with van der Waals surface area (Å²) in [6.07, 6.45) is 0.794. The van der Waals surface area contributed by atoms with Gasteiger partial charge >= 0.3 is 0 Å². The lowest BCUT2D eigenvalue weighted by Crippen LogP contribution is -2.06. The van der Waals surface area contributed by atoms with Crippen molar-refractivity contribution in [2.24, 2.45) is 0 Å². The van der Waals surface area contributed by atoms with E-state index in [1.165, 1.54) is 11.3 Å². The van der Waals surface area contributed by atoms with Gasteiger partial charge in [-0.3, -0.25) is 10.1 Å². The Morgan fingerprint density at radius 1 is 1.37 bits per heavy atom. The highest BCUT2D eigenvalue weighted by atomic mass is 35.5. The first-order valence-electron chi connectivity index (χ1n) is 5.79. The lowest BCUT2D eigenvalue weighted by Gasteiger charge is -2.06. The summed E-state index contributed by atoms with van der Waals surface area (Å²) in [4.78, 5) is 11.8. The highest BCUT2D eigenvalue weighted by Crippen LogP contribution is 2.26. The molecule has 1 aromatic carbocycles. The highest BCUT2D eigenvalue weighted by molar-refractivity contribution is 7.16. The summed E-state index contributed by atoms with van der Waals surface area (Å²) >= 11 is 7.38. The Kier molecular flexibility index (Phi) is 4.39. The third-order valence-electron chi connectivity index (χ3n) is 2.67. The van der Waals surface area contributed by atoms with Crippen LogP contribution in [0.25, 0.3) is 0 Å². The second kappa shape index (κ2) is 6.04. The van der Waals surface area contributed by atoms with E-state index in [2.05, 4.69) is 5.32 Å². The molecule has 0 spiro atoms. The molecule has 0 aliphatic rings. The van der Waals surface area contributed by atoms with E-state index in [0.717, 1.165) is 21.2 Å². The van der Waals surface area contributed by atoms with Crippen molar-refractivity contribution < 1.29 is 4.92 Å². The number of nitro benzene ring substituents is 1. The maximum absolute atomic E-state index is 11.0. The van der Waals surface area contributed by atoms with E-state index in [0.29, 0.717) is 12.2 Å². The summed E-state index contributed by atoms with van der Waals surface area (Å²) in [6.45, 7) is 2.48. The molecule has 0 bridgehead atoms. The molecular weight excluding hydrogens is 284 g/mol. The van der Waals surface area contributed by atoms with Gasteiger partial charge in [-0.1, -0.05) is 17.7 Å². The summed E-state index contributed by atoms with van der Waals surface area (Å²) in [6, 6.07) is 9.00. The fourth-order valence-electron chi connectivity index (χ4n) is 1.75. The monoisotopic (exact) mass is 296 g/mol. The summed E-state index contributed by atoms with van der Waals surface area (Å²) < 4.78 is 0.760. The Morgan fingerprint density at radius 3 is 2.79 bits per heavy atom. The predicted octanol–water partition coefficient (Wildman–Crippen LogP) is 4.27. The molecule has 2 aromatic rings. The van der Waals surface area contributed by atoms with Gasteiger partial charge in [-0.15, -0.1) is 11.3 Å². The molecule has 0 unspecified atom stereocenters. The van der Waals surface area contributed by atoms with E-state index in [9.17, 15) is 10.1 Å². The molecule has 0 saturated heterocycles. The van der Waals surface area contributed by atoms with Crippen LogP contribution in [0.1, 0.15) is 10.4 Å². The zero-order valence-electron chi connectivity index (χ0n) is 10.4. The number of benzene rings is 1. The lowest BCUT2D eigenvalue weighted by molar-refractivity contribution is -0.384. The molecule has 0 aliphatic carbocycles. The lowest BCUT2D eigenvalue weighted by atomic mass is 10.2. The predicted molar refractivity (Wildman–Crippen MR) is 79.4 cm³/mol. The Bertz CT molecular complexity index is 598. The zero-order chi connectivity index (χ0) is 13.8. The first-order valence-corrected chi connectivity index (χ1v) is 6.99. The van der Waals surface area contributed by atoms with Crippen LogP contribution < -0.4 is 5.32 Å². The molecule has 0 fully saturated rings. The fraction of sp³-hybridized carbons (Fsp3) is 0.231. The van der Waals surface area contributed by atoms with Gasteiger partial charge in [-0.25, -0.2) is 0 Å². The van der Waals surface area contributed by atoms with Crippen LogP contribution in [0.3, 0.4) is 0 Å². The standard InChI is InChI=1S/C13H13ClN2O2S/c1-9-2-4-11(12(8-9)16(17)18)15-7-6-10-3-5-13(14)19-10/h2-5,8,15H,6-7H2,1H3. The van der Waals surface area contributed by atoms with Crippen LogP contribution in [0.15, 0.2) is 30.3 Å². The zero-order valence-corrected chi connectivity index (χ0v) is 11.9. The maximum atomic E-state index is 11.0. The summed E-state index contributed by atoms with van der Waals surface area (Å²) in [5.41, 5.74) is 1.55. The average molecular weight is 297 g/mol. The number of halogens is 1. The SMILES string of the molecule is Cc1ccc(NCCc2ccc(Cl)s2)c([N+](=O)[O-])c1. The minimum absolute atomic E-state index is 0.115. The Hall–Kier alpha value is -1.59. The van der Waals surface area contributed by atoms with E-state index in [-0.39, 0.29) is 10.6 Å². The van der Waals surface area contributed by atoms with Gasteiger partial charge in [-0.05, 0) is 37.1 Å². The molecular formula is C13H13ClN2O2S. The van der Waals surface area contributed by atoms with Crippen LogP contribution in [-0.2, 0) is 6.42 Å². The van der Waals surface area contributed by atoms with Crippen LogP contribution in [0.5, 0.6) is 0 Å². The average Bonchev–Trinajstić information content (AvgIpc) is 2.77. The fourth-order valence-corrected chi connectivity index (χ4v) is 2.84. The van der Waals surface area contributed by atoms with E-state index in [1.807, 2.05) is 25.1 Å². The van der Waals surface area contributed by atoms with Crippen LogP contribution in [0.2, 0.25) is 4.34 Å². The topological polar surface area (TPSA) is 55.2 Å². The summed E-state index contributed by atoms with van der Waals surface area (Å²) in [5, 5.41) is 14.1. The van der Waals surface area contributed by atoms with Gasteiger partial charge in [0.15, 0.2) is 0 Å². The second-order valence-corrected chi connectivity index (χ2v) is 5.96. The Balaban J connectivity index is 2.01. The van der Waals surface area contributed by atoms with Gasteiger partial charge in [0.2, 0.25) is 0 Å². The quantitative estimate of drug-likeness (QED) is 0.662. The number of nitrogens with one attached hydrogen (secondary N) is 1. The molecule has 0 saturated carbocycles. The van der Waals surface area contributed by atoms with Gasteiger partial charge in [-0.2, -0.15) is 0 Å². The minimum Gasteiger partial charge on any atom is -0.379 e. The number of aryl methyl sites for hydroxylation is 1. The molecule has 0 aliphatic heterocycles. The Labute approximate surface area is 120 Å². The maximum Gasteiger partial charge on any atom is 0.292 e. The smallest absolute Gasteiger partial charge is 0.292 e. The van der Waals surface area contributed by atoms with Gasteiger partial charge in [0, 0.05) is 17.5 Å². The number of nitrogens with zero attached hydrogens (tertiary/aromatic N) is 1. The van der Waals surface area contributed by atoms with Crippen molar-refractivity contribution in [1.29, 1.82) is 0 Å². The van der Waals surface area contributed by atoms with E-state index >= 15 is 0 Å². The van der Waals surface area contributed by atoms with Gasteiger partial charge in [0.1, 0.15) is 5.69 Å². The highest BCUT2D eigenvalue weighted by Gasteiger charge is 2.13. The molecule has 2 rings (SSSR count). The first kappa shape index (κ1) is 13.8. The molecule has 1 heterocycles. The van der Waals surface area contributed by atoms with Crippen LogP contribution >= 0.6 is 22.9 Å². The van der Waals surface area contributed by atoms with Crippen molar-refractivity contribution in [3.63, 3.8) is 0 Å². The molecule has 0 radical (unpaired) electrons. The third kappa shape index (κ3) is 3.68. The van der Waals surface area contributed by atoms with Crippen LogP contribution in [0.4, 0.5) is 11.4 Å². The van der Waals surface area contributed by atoms with Crippen molar-refractivity contribution in [3.8, 4) is 0 Å². The molecule has 100 valence electrons. The first-order chi connectivity index (χ1) is 9.06. The van der Waals surface area contributed by atoms with Gasteiger partial charge < -0.3 is 5.32 Å². The molecule has 1 aromatic heterocycles. The largest absolute Gasteiger partial charge is 0.379 e. The van der Waals surface area contributed by atoms with Gasteiger partial charge in [0.25, 0.3) is 5.69 Å². The Morgan fingerprint density at radius 2 is 2.16 bits per heavy atom. The molecule has 0 amide bonds. The normalized spacial score (nSPS) is 10.4. The number of rotatable bonds is 5. The van der Waals surface area contributed by atoms with Gasteiger partial charge in [0.05, 0.1) is 9.26 Å². The van der Waals surface area contributed by atoms with Crippen LogP contribution in [0, 0.1) is 17.0 Å². The number of thiophene rings is 1. The summed E-state index contributed by atoms with van der Waals surface area (Å²) in [7, 11) is 0. The summed E-state index contributed by atoms with van der Waals surface area (Å²) in [5.74, 6) is 0. The third-order valence-corrected chi connectivity index (χ3v) is 3.96. The van der Waals surface area contributed by atoms with E-state index < -0.39 is 0 Å². The minimum atomic E-state index is -0.364. The number of hydrogen-bond acceptors (Lipinski definition) is 4. The van der Waals surface area contributed by atoms with Crippen LogP contribution in [-0.4, -0.2) is 11.5 Å². The molecule has 0 atom stereocenters. The molecule has 4 nitrogen and oxygen atoms in total. The number of nitro groups is 1.